The van der Waals surface area contributed by atoms with Crippen molar-refractivity contribution >= 4 is 24.8 Å². The van der Waals surface area contributed by atoms with E-state index in [1.807, 2.05) is 12.1 Å². The van der Waals surface area contributed by atoms with E-state index in [1.165, 1.54) is 31.5 Å². The van der Waals surface area contributed by atoms with Gasteiger partial charge in [-0.25, -0.2) is 0 Å². The molecule has 0 bridgehead atoms. The van der Waals surface area contributed by atoms with Crippen molar-refractivity contribution in [1.82, 2.24) is 4.90 Å². The van der Waals surface area contributed by atoms with Crippen LogP contribution in [0.25, 0.3) is 0 Å². The zero-order valence-corrected chi connectivity index (χ0v) is 12.1. The van der Waals surface area contributed by atoms with Crippen molar-refractivity contribution in [3.05, 3.63) is 29.8 Å². The molecule has 1 aromatic carbocycles. The standard InChI is InChI=1S/C13H20N2O.2ClH/c14-7-10-16-13-6-2-1-5-12(13)11-15-8-3-4-9-15;;/h1-2,5-6H,3-4,7-11,14H2;2*1H. The van der Waals surface area contributed by atoms with Crippen molar-refractivity contribution in [3.63, 3.8) is 0 Å². The molecule has 0 radical (unpaired) electrons. The quantitative estimate of drug-likeness (QED) is 0.906. The third-order valence-electron chi connectivity index (χ3n) is 2.94. The Bertz CT molecular complexity index is 331. The second-order valence-corrected chi connectivity index (χ2v) is 4.23. The molecule has 5 heteroatoms. The molecule has 1 fully saturated rings. The smallest absolute Gasteiger partial charge is 0.123 e. The number of para-hydroxylation sites is 1. The number of halogens is 2. The fourth-order valence-corrected chi connectivity index (χ4v) is 2.13. The van der Waals surface area contributed by atoms with E-state index in [0.717, 1.165) is 12.3 Å². The molecule has 0 saturated carbocycles. The Kier molecular flexibility index (Phi) is 9.20. The minimum absolute atomic E-state index is 0. The molecular weight excluding hydrogens is 271 g/mol. The maximum absolute atomic E-state index is 5.64. The number of hydrogen-bond donors (Lipinski definition) is 1. The van der Waals surface area contributed by atoms with Gasteiger partial charge in [0, 0.05) is 18.7 Å². The van der Waals surface area contributed by atoms with Crippen molar-refractivity contribution in [2.45, 2.75) is 19.4 Å². The Morgan fingerprint density at radius 3 is 2.44 bits per heavy atom. The van der Waals surface area contributed by atoms with Gasteiger partial charge in [0.25, 0.3) is 0 Å². The lowest BCUT2D eigenvalue weighted by Crippen LogP contribution is -2.19. The van der Waals surface area contributed by atoms with Crippen LogP contribution in [0.4, 0.5) is 0 Å². The zero-order valence-electron chi connectivity index (χ0n) is 10.5. The van der Waals surface area contributed by atoms with Crippen LogP contribution in [-0.4, -0.2) is 31.1 Å². The lowest BCUT2D eigenvalue weighted by Gasteiger charge is -2.17. The molecule has 1 aromatic rings. The SMILES string of the molecule is Cl.Cl.NCCOc1ccccc1CN1CCCC1. The van der Waals surface area contributed by atoms with Crippen LogP contribution in [0.5, 0.6) is 5.75 Å². The molecule has 2 N–H and O–H groups in total. The fraction of sp³-hybridized carbons (Fsp3) is 0.538. The van der Waals surface area contributed by atoms with Crippen molar-refractivity contribution < 1.29 is 4.74 Å². The van der Waals surface area contributed by atoms with Crippen LogP contribution >= 0.6 is 24.8 Å². The van der Waals surface area contributed by atoms with Gasteiger partial charge in [-0.15, -0.1) is 24.8 Å². The molecule has 0 atom stereocenters. The highest BCUT2D eigenvalue weighted by Crippen LogP contribution is 2.21. The van der Waals surface area contributed by atoms with E-state index in [4.69, 9.17) is 10.5 Å². The maximum atomic E-state index is 5.64. The average Bonchev–Trinajstić information content (AvgIpc) is 2.81. The predicted molar refractivity (Wildman–Crippen MR) is 80.0 cm³/mol. The molecule has 2 rings (SSSR count). The van der Waals surface area contributed by atoms with E-state index in [1.54, 1.807) is 0 Å². The third-order valence-corrected chi connectivity index (χ3v) is 2.94. The molecule has 0 amide bonds. The Hall–Kier alpha value is -0.480. The molecule has 1 aliphatic heterocycles. The van der Waals surface area contributed by atoms with Crippen molar-refractivity contribution in [3.8, 4) is 5.75 Å². The molecular formula is C13H22Cl2N2O. The highest BCUT2D eigenvalue weighted by Gasteiger charge is 2.13. The molecule has 0 aromatic heterocycles. The second kappa shape index (κ2) is 9.45. The summed E-state index contributed by atoms with van der Waals surface area (Å²) < 4.78 is 5.64. The average molecular weight is 293 g/mol. The van der Waals surface area contributed by atoms with Crippen LogP contribution in [0.15, 0.2) is 24.3 Å². The van der Waals surface area contributed by atoms with Crippen LogP contribution in [0.2, 0.25) is 0 Å². The zero-order chi connectivity index (χ0) is 11.2. The lowest BCUT2D eigenvalue weighted by molar-refractivity contribution is 0.299. The fourth-order valence-electron chi connectivity index (χ4n) is 2.13. The molecule has 3 nitrogen and oxygen atoms in total. The number of nitrogens with zero attached hydrogens (tertiary/aromatic N) is 1. The lowest BCUT2D eigenvalue weighted by atomic mass is 10.2. The van der Waals surface area contributed by atoms with E-state index in [9.17, 15) is 0 Å². The van der Waals surface area contributed by atoms with E-state index in [2.05, 4.69) is 17.0 Å². The van der Waals surface area contributed by atoms with Gasteiger partial charge in [-0.1, -0.05) is 18.2 Å². The van der Waals surface area contributed by atoms with Crippen molar-refractivity contribution in [1.29, 1.82) is 0 Å². The van der Waals surface area contributed by atoms with Gasteiger partial charge in [-0.2, -0.15) is 0 Å². The highest BCUT2D eigenvalue weighted by atomic mass is 35.5. The Morgan fingerprint density at radius 2 is 1.78 bits per heavy atom. The molecule has 1 aliphatic rings. The summed E-state index contributed by atoms with van der Waals surface area (Å²) in [4.78, 5) is 2.48. The normalized spacial score (nSPS) is 14.7. The van der Waals surface area contributed by atoms with Crippen molar-refractivity contribution in [2.75, 3.05) is 26.2 Å². The van der Waals surface area contributed by atoms with Gasteiger partial charge in [-0.3, -0.25) is 4.90 Å². The summed E-state index contributed by atoms with van der Waals surface area (Å²) in [5.74, 6) is 0.986. The molecule has 0 aliphatic carbocycles. The summed E-state index contributed by atoms with van der Waals surface area (Å²) in [6.07, 6.45) is 2.65. The third kappa shape index (κ3) is 5.02. The summed E-state index contributed by atoms with van der Waals surface area (Å²) in [5.41, 5.74) is 6.73. The number of nitrogens with two attached hydrogens (primary N) is 1. The van der Waals surface area contributed by atoms with Crippen LogP contribution in [0, 0.1) is 0 Å². The van der Waals surface area contributed by atoms with Crippen LogP contribution in [-0.2, 0) is 6.54 Å². The van der Waals surface area contributed by atoms with Gasteiger partial charge >= 0.3 is 0 Å². The molecule has 1 saturated heterocycles. The molecule has 18 heavy (non-hydrogen) atoms. The minimum Gasteiger partial charge on any atom is -0.492 e. The van der Waals surface area contributed by atoms with Gasteiger partial charge in [0.2, 0.25) is 0 Å². The van der Waals surface area contributed by atoms with Gasteiger partial charge in [0.05, 0.1) is 0 Å². The Labute approximate surface area is 121 Å². The maximum Gasteiger partial charge on any atom is 0.123 e. The van der Waals surface area contributed by atoms with Crippen LogP contribution in [0.1, 0.15) is 18.4 Å². The number of likely N-dealkylation sites (tertiary alicyclic amines) is 1. The van der Waals surface area contributed by atoms with E-state index in [-0.39, 0.29) is 24.8 Å². The van der Waals surface area contributed by atoms with E-state index >= 15 is 0 Å². The summed E-state index contributed by atoms with van der Waals surface area (Å²) >= 11 is 0. The summed E-state index contributed by atoms with van der Waals surface area (Å²) in [6, 6.07) is 8.26. The minimum atomic E-state index is 0. The summed E-state index contributed by atoms with van der Waals surface area (Å²) in [5, 5.41) is 0. The van der Waals surface area contributed by atoms with E-state index < -0.39 is 0 Å². The van der Waals surface area contributed by atoms with Gasteiger partial charge < -0.3 is 10.5 Å². The largest absolute Gasteiger partial charge is 0.492 e. The predicted octanol–water partition coefficient (Wildman–Crippen LogP) is 2.46. The molecule has 1 heterocycles. The molecule has 0 unspecified atom stereocenters. The van der Waals surface area contributed by atoms with Crippen LogP contribution < -0.4 is 10.5 Å². The summed E-state index contributed by atoms with van der Waals surface area (Å²) in [7, 11) is 0. The number of benzene rings is 1. The van der Waals surface area contributed by atoms with Gasteiger partial charge in [0.1, 0.15) is 12.4 Å². The monoisotopic (exact) mass is 292 g/mol. The Morgan fingerprint density at radius 1 is 1.11 bits per heavy atom. The number of hydrogen-bond acceptors (Lipinski definition) is 3. The van der Waals surface area contributed by atoms with Gasteiger partial charge in [0.15, 0.2) is 0 Å². The highest BCUT2D eigenvalue weighted by molar-refractivity contribution is 5.85. The topological polar surface area (TPSA) is 38.5 Å². The van der Waals surface area contributed by atoms with Gasteiger partial charge in [-0.05, 0) is 32.0 Å². The first-order chi connectivity index (χ1) is 7.90. The second-order valence-electron chi connectivity index (χ2n) is 4.23. The van der Waals surface area contributed by atoms with Crippen molar-refractivity contribution in [2.24, 2.45) is 5.73 Å². The first-order valence-corrected chi connectivity index (χ1v) is 6.03. The van der Waals surface area contributed by atoms with E-state index in [0.29, 0.717) is 13.2 Å². The van der Waals surface area contributed by atoms with Crippen LogP contribution in [0.3, 0.4) is 0 Å². The Balaban J connectivity index is 0.00000144. The first kappa shape index (κ1) is 17.5. The summed E-state index contributed by atoms with van der Waals surface area (Å²) in [6.45, 7) is 4.59. The number of rotatable bonds is 5. The first-order valence-electron chi connectivity index (χ1n) is 6.03. The molecule has 104 valence electrons. The number of ether oxygens (including phenoxy) is 1. The molecule has 0 spiro atoms.